The van der Waals surface area contributed by atoms with E-state index in [1.807, 2.05) is 0 Å². The van der Waals surface area contributed by atoms with Crippen molar-refractivity contribution in [2.45, 2.75) is 136 Å². The van der Waals surface area contributed by atoms with Gasteiger partial charge in [0.2, 0.25) is 5.91 Å². The van der Waals surface area contributed by atoms with E-state index in [2.05, 4.69) is 17.3 Å². The number of hydrogen-bond acceptors (Lipinski definition) is 2. The number of rotatable bonds is 19. The summed E-state index contributed by atoms with van der Waals surface area (Å²) in [5, 5.41) is 6.38. The lowest BCUT2D eigenvalue weighted by molar-refractivity contribution is -0.142. The van der Waals surface area contributed by atoms with Gasteiger partial charge in [-0.3, -0.25) is 9.48 Å². The van der Waals surface area contributed by atoms with Crippen LogP contribution in [0.2, 0.25) is 0 Å². The maximum absolute atomic E-state index is 12.8. The van der Waals surface area contributed by atoms with Crippen molar-refractivity contribution in [1.82, 2.24) is 15.1 Å². The molecule has 7 heteroatoms. The Morgan fingerprint density at radius 1 is 0.879 bits per heavy atom. The van der Waals surface area contributed by atoms with E-state index in [0.717, 1.165) is 30.0 Å². The number of hydrogen-bond donors (Lipinski definition) is 1. The minimum absolute atomic E-state index is 0.295. The van der Waals surface area contributed by atoms with Gasteiger partial charge < -0.3 is 5.32 Å². The Morgan fingerprint density at radius 2 is 1.30 bits per heavy atom. The molecule has 0 aliphatic rings. The van der Waals surface area contributed by atoms with Gasteiger partial charge in [-0.25, -0.2) is 0 Å². The normalized spacial score (nSPS) is 12.8. The van der Waals surface area contributed by atoms with E-state index < -0.39 is 17.9 Å². The third kappa shape index (κ3) is 13.1. The van der Waals surface area contributed by atoms with Crippen molar-refractivity contribution < 1.29 is 18.0 Å². The van der Waals surface area contributed by atoms with Gasteiger partial charge in [-0.15, -0.1) is 0 Å². The molecule has 0 saturated heterocycles. The zero-order valence-electron chi connectivity index (χ0n) is 21.1. The predicted octanol–water partition coefficient (Wildman–Crippen LogP) is 8.15. The Morgan fingerprint density at radius 3 is 1.70 bits per heavy atom. The Labute approximate surface area is 199 Å². The monoisotopic (exact) mass is 473 g/mol. The van der Waals surface area contributed by atoms with Crippen molar-refractivity contribution >= 4 is 5.91 Å². The molecule has 1 unspecified atom stereocenters. The number of nitrogens with one attached hydrogen (secondary N) is 1. The zero-order valence-corrected chi connectivity index (χ0v) is 21.1. The predicted molar refractivity (Wildman–Crippen MR) is 129 cm³/mol. The van der Waals surface area contributed by atoms with E-state index in [0.29, 0.717) is 12.2 Å². The molecule has 4 nitrogen and oxygen atoms in total. The number of aromatic nitrogens is 2. The molecular weight excluding hydrogens is 427 g/mol. The van der Waals surface area contributed by atoms with Crippen LogP contribution in [0.4, 0.5) is 13.2 Å². The van der Waals surface area contributed by atoms with Crippen LogP contribution < -0.4 is 5.32 Å². The molecule has 0 bridgehead atoms. The van der Waals surface area contributed by atoms with E-state index in [1.165, 1.54) is 90.4 Å². The fourth-order valence-electron chi connectivity index (χ4n) is 4.16. The highest BCUT2D eigenvalue weighted by Gasteiger charge is 2.35. The fourth-order valence-corrected chi connectivity index (χ4v) is 4.16. The molecule has 1 amide bonds. The van der Waals surface area contributed by atoms with Gasteiger partial charge in [-0.1, -0.05) is 103 Å². The lowest BCUT2D eigenvalue weighted by Gasteiger charge is -2.14. The van der Waals surface area contributed by atoms with Gasteiger partial charge in [-0.2, -0.15) is 18.3 Å². The SMILES string of the molecule is CCCCCCCCCCCCCCCCCCNC(=O)C(C)n1nc(C(F)(F)F)cc1C. The molecule has 1 atom stereocenters. The summed E-state index contributed by atoms with van der Waals surface area (Å²) in [5.74, 6) is -0.295. The maximum Gasteiger partial charge on any atom is 0.435 e. The highest BCUT2D eigenvalue weighted by molar-refractivity contribution is 5.79. The second kappa shape index (κ2) is 17.0. The van der Waals surface area contributed by atoms with Gasteiger partial charge in [0.05, 0.1) is 0 Å². The third-order valence-electron chi connectivity index (χ3n) is 6.29. The first-order valence-electron chi connectivity index (χ1n) is 13.2. The summed E-state index contributed by atoms with van der Waals surface area (Å²) in [6.45, 7) is 5.91. The molecule has 0 aromatic carbocycles. The van der Waals surface area contributed by atoms with E-state index in [-0.39, 0.29) is 5.91 Å². The molecule has 0 saturated carbocycles. The Balaban J connectivity index is 1.97. The number of amides is 1. The number of unbranched alkanes of at least 4 members (excludes halogenated alkanes) is 15. The van der Waals surface area contributed by atoms with Crippen LogP contribution in [0.1, 0.15) is 134 Å². The molecule has 0 spiro atoms. The Kier molecular flexibility index (Phi) is 15.2. The number of nitrogens with zero attached hydrogens (tertiary/aromatic N) is 2. The van der Waals surface area contributed by atoms with Crippen molar-refractivity contribution in [3.63, 3.8) is 0 Å². The van der Waals surface area contributed by atoms with Gasteiger partial charge >= 0.3 is 6.18 Å². The van der Waals surface area contributed by atoms with Crippen LogP contribution >= 0.6 is 0 Å². The average Bonchev–Trinajstić information content (AvgIpc) is 3.17. The highest BCUT2D eigenvalue weighted by atomic mass is 19.4. The van der Waals surface area contributed by atoms with E-state index in [4.69, 9.17) is 0 Å². The molecule has 0 aliphatic heterocycles. The van der Waals surface area contributed by atoms with Crippen LogP contribution in [-0.4, -0.2) is 22.2 Å². The number of aryl methyl sites for hydroxylation is 1. The molecule has 0 radical (unpaired) electrons. The standard InChI is InChI=1S/C26H46F3N3O/c1-4-5-6-7-8-9-10-11-12-13-14-15-16-17-18-19-20-30-25(33)23(3)32-22(2)21-24(31-32)26(27,28)29/h21,23H,4-20H2,1-3H3,(H,30,33). The van der Waals surface area contributed by atoms with Crippen molar-refractivity contribution in [3.05, 3.63) is 17.5 Å². The molecule has 1 aromatic heterocycles. The summed E-state index contributed by atoms with van der Waals surface area (Å²) in [5.41, 5.74) is -0.634. The molecule has 192 valence electrons. The van der Waals surface area contributed by atoms with Crippen molar-refractivity contribution in [2.24, 2.45) is 0 Å². The van der Waals surface area contributed by atoms with Crippen LogP contribution in [0.25, 0.3) is 0 Å². The molecule has 1 N–H and O–H groups in total. The maximum atomic E-state index is 12.8. The Hall–Kier alpha value is -1.53. The minimum Gasteiger partial charge on any atom is -0.354 e. The van der Waals surface area contributed by atoms with Gasteiger partial charge in [0.1, 0.15) is 6.04 Å². The van der Waals surface area contributed by atoms with Crippen molar-refractivity contribution in [1.29, 1.82) is 0 Å². The summed E-state index contributed by atoms with van der Waals surface area (Å²) in [6, 6.07) is 0.210. The van der Waals surface area contributed by atoms with Crippen LogP contribution in [0.5, 0.6) is 0 Å². The van der Waals surface area contributed by atoms with Crippen LogP contribution in [0.15, 0.2) is 6.07 Å². The Bertz CT molecular complexity index is 643. The van der Waals surface area contributed by atoms with E-state index >= 15 is 0 Å². The molecule has 33 heavy (non-hydrogen) atoms. The average molecular weight is 474 g/mol. The van der Waals surface area contributed by atoms with Crippen LogP contribution in [-0.2, 0) is 11.0 Å². The topological polar surface area (TPSA) is 46.9 Å². The zero-order chi connectivity index (χ0) is 24.5. The first-order chi connectivity index (χ1) is 15.8. The first-order valence-corrected chi connectivity index (χ1v) is 13.2. The second-order valence-corrected chi connectivity index (χ2v) is 9.38. The fraction of sp³-hybridized carbons (Fsp3) is 0.846. The summed E-state index contributed by atoms with van der Waals surface area (Å²) in [7, 11) is 0. The molecule has 0 aliphatic carbocycles. The summed E-state index contributed by atoms with van der Waals surface area (Å²) >= 11 is 0. The lowest BCUT2D eigenvalue weighted by atomic mass is 10.0. The summed E-state index contributed by atoms with van der Waals surface area (Å²) < 4.78 is 39.5. The number of carbonyl (C=O) groups is 1. The molecule has 1 heterocycles. The van der Waals surface area contributed by atoms with Gasteiger partial charge in [0.15, 0.2) is 5.69 Å². The van der Waals surface area contributed by atoms with Crippen molar-refractivity contribution in [3.8, 4) is 0 Å². The van der Waals surface area contributed by atoms with E-state index in [9.17, 15) is 18.0 Å². The van der Waals surface area contributed by atoms with Gasteiger partial charge in [0, 0.05) is 12.2 Å². The summed E-state index contributed by atoms with van der Waals surface area (Å²) in [6.07, 6.45) is 16.2. The molecule has 1 aromatic rings. The quantitative estimate of drug-likeness (QED) is 0.206. The molecular formula is C26H46F3N3O. The van der Waals surface area contributed by atoms with Crippen molar-refractivity contribution in [2.75, 3.05) is 6.54 Å². The number of alkyl halides is 3. The van der Waals surface area contributed by atoms with Crippen LogP contribution in [0.3, 0.4) is 0 Å². The highest BCUT2D eigenvalue weighted by Crippen LogP contribution is 2.29. The van der Waals surface area contributed by atoms with E-state index in [1.54, 1.807) is 6.92 Å². The first kappa shape index (κ1) is 29.5. The number of carbonyl (C=O) groups excluding carboxylic acids is 1. The summed E-state index contributed by atoms with van der Waals surface area (Å²) in [4.78, 5) is 12.3. The second-order valence-electron chi connectivity index (χ2n) is 9.38. The largest absolute Gasteiger partial charge is 0.435 e. The minimum atomic E-state index is -4.50. The smallest absolute Gasteiger partial charge is 0.354 e. The lowest BCUT2D eigenvalue weighted by Crippen LogP contribution is -2.32. The third-order valence-corrected chi connectivity index (χ3v) is 6.29. The van der Waals surface area contributed by atoms with Gasteiger partial charge in [0.25, 0.3) is 0 Å². The van der Waals surface area contributed by atoms with Crippen LogP contribution in [0, 0.1) is 6.92 Å². The number of halogens is 3. The van der Waals surface area contributed by atoms with Gasteiger partial charge in [-0.05, 0) is 26.3 Å². The molecule has 1 rings (SSSR count). The molecule has 0 fully saturated rings.